The molecule has 0 fully saturated rings. The average molecular weight is 341 g/mol. The number of ether oxygens (including phenoxy) is 2. The number of hydrogen-bond acceptors (Lipinski definition) is 6. The van der Waals surface area contributed by atoms with E-state index in [2.05, 4.69) is 10.3 Å². The maximum atomic E-state index is 13.0. The van der Waals surface area contributed by atoms with Gasteiger partial charge in [0.15, 0.2) is 11.5 Å². The Morgan fingerprint density at radius 3 is 3.17 bits per heavy atom. The van der Waals surface area contributed by atoms with Gasteiger partial charge < -0.3 is 14.8 Å². The number of fused-ring (bicyclic) bond motifs is 4. The normalized spacial score (nSPS) is 15.7. The Kier molecular flexibility index (Phi) is 3.11. The molecule has 2 aromatic heterocycles. The molecular weight excluding hydrogens is 326 g/mol. The summed E-state index contributed by atoms with van der Waals surface area (Å²) < 4.78 is 12.4. The van der Waals surface area contributed by atoms with Crippen molar-refractivity contribution in [2.45, 2.75) is 19.5 Å². The minimum absolute atomic E-state index is 0.0390. The van der Waals surface area contributed by atoms with Crippen LogP contribution in [0.2, 0.25) is 0 Å². The highest BCUT2D eigenvalue weighted by Crippen LogP contribution is 2.33. The second-order valence-corrected chi connectivity index (χ2v) is 7.06. The lowest BCUT2D eigenvalue weighted by Crippen LogP contribution is -2.25. The molecule has 6 nitrogen and oxygen atoms in total. The fourth-order valence-corrected chi connectivity index (χ4v) is 4.45. The van der Waals surface area contributed by atoms with Crippen LogP contribution in [-0.2, 0) is 19.5 Å². The first-order chi connectivity index (χ1) is 11.8. The van der Waals surface area contributed by atoms with Gasteiger partial charge in [-0.3, -0.25) is 9.36 Å². The second-order valence-electron chi connectivity index (χ2n) is 5.98. The Labute approximate surface area is 141 Å². The molecule has 0 amide bonds. The molecule has 2 aliphatic heterocycles. The monoisotopic (exact) mass is 341 g/mol. The number of nitrogens with zero attached hydrogens (tertiary/aromatic N) is 2. The molecule has 122 valence electrons. The third-order valence-corrected chi connectivity index (χ3v) is 5.63. The molecule has 0 saturated carbocycles. The van der Waals surface area contributed by atoms with E-state index in [1.165, 1.54) is 10.4 Å². The van der Waals surface area contributed by atoms with E-state index in [0.29, 0.717) is 6.54 Å². The number of benzene rings is 1. The molecule has 5 rings (SSSR count). The van der Waals surface area contributed by atoms with Crippen molar-refractivity contribution in [1.82, 2.24) is 14.9 Å². The van der Waals surface area contributed by atoms with Gasteiger partial charge in [0, 0.05) is 11.4 Å². The zero-order chi connectivity index (χ0) is 16.1. The van der Waals surface area contributed by atoms with E-state index in [-0.39, 0.29) is 12.4 Å². The second kappa shape index (κ2) is 5.32. The summed E-state index contributed by atoms with van der Waals surface area (Å²) in [7, 11) is 0. The minimum atomic E-state index is 0.0390. The summed E-state index contributed by atoms with van der Waals surface area (Å²) in [5, 5.41) is 4.14. The van der Waals surface area contributed by atoms with Gasteiger partial charge in [0.25, 0.3) is 5.56 Å². The number of nitrogens with one attached hydrogen (secondary N) is 1. The molecule has 0 atom stereocenters. The molecule has 0 aliphatic carbocycles. The van der Waals surface area contributed by atoms with E-state index < -0.39 is 0 Å². The van der Waals surface area contributed by atoms with Crippen LogP contribution in [0.1, 0.15) is 16.0 Å². The molecule has 4 heterocycles. The lowest BCUT2D eigenvalue weighted by atomic mass is 10.1. The van der Waals surface area contributed by atoms with Crippen LogP contribution in [0.25, 0.3) is 10.2 Å². The molecule has 3 aromatic rings. The molecule has 0 saturated heterocycles. The first-order valence-electron chi connectivity index (χ1n) is 7.88. The molecule has 24 heavy (non-hydrogen) atoms. The van der Waals surface area contributed by atoms with Gasteiger partial charge in [-0.25, -0.2) is 4.98 Å². The van der Waals surface area contributed by atoms with Crippen LogP contribution in [0.4, 0.5) is 0 Å². The van der Waals surface area contributed by atoms with E-state index >= 15 is 0 Å². The van der Waals surface area contributed by atoms with Gasteiger partial charge in [0.2, 0.25) is 6.79 Å². The van der Waals surface area contributed by atoms with E-state index in [0.717, 1.165) is 46.8 Å². The summed E-state index contributed by atoms with van der Waals surface area (Å²) >= 11 is 1.62. The fourth-order valence-electron chi connectivity index (χ4n) is 3.30. The van der Waals surface area contributed by atoms with Crippen molar-refractivity contribution in [2.75, 3.05) is 13.3 Å². The molecule has 0 radical (unpaired) electrons. The Bertz CT molecular complexity index is 1010. The molecule has 1 N–H and O–H groups in total. The summed E-state index contributed by atoms with van der Waals surface area (Å²) in [6.45, 7) is 2.47. The van der Waals surface area contributed by atoms with Crippen LogP contribution in [0, 0.1) is 0 Å². The predicted molar refractivity (Wildman–Crippen MR) is 91.0 cm³/mol. The van der Waals surface area contributed by atoms with Gasteiger partial charge in [-0.15, -0.1) is 11.3 Å². The largest absolute Gasteiger partial charge is 0.454 e. The summed E-state index contributed by atoms with van der Waals surface area (Å²) in [5.41, 5.74) is 2.21. The maximum Gasteiger partial charge on any atom is 0.262 e. The lowest BCUT2D eigenvalue weighted by molar-refractivity contribution is 0.174. The first-order valence-corrected chi connectivity index (χ1v) is 8.70. The average Bonchev–Trinajstić information content (AvgIpc) is 3.21. The number of rotatable bonds is 2. The van der Waals surface area contributed by atoms with Crippen molar-refractivity contribution >= 4 is 21.6 Å². The van der Waals surface area contributed by atoms with Gasteiger partial charge in [0.05, 0.1) is 18.3 Å². The van der Waals surface area contributed by atoms with Crippen molar-refractivity contribution in [3.8, 4) is 11.5 Å². The highest BCUT2D eigenvalue weighted by atomic mass is 32.1. The highest BCUT2D eigenvalue weighted by molar-refractivity contribution is 7.18. The van der Waals surface area contributed by atoms with Gasteiger partial charge in [-0.05, 0) is 36.2 Å². The van der Waals surface area contributed by atoms with E-state index in [1.54, 1.807) is 22.2 Å². The molecule has 1 aromatic carbocycles. The van der Waals surface area contributed by atoms with Gasteiger partial charge >= 0.3 is 0 Å². The Hall–Kier alpha value is -2.38. The van der Waals surface area contributed by atoms with Crippen LogP contribution in [0.5, 0.6) is 11.5 Å². The van der Waals surface area contributed by atoms with Crippen molar-refractivity contribution in [2.24, 2.45) is 0 Å². The van der Waals surface area contributed by atoms with Crippen molar-refractivity contribution in [1.29, 1.82) is 0 Å². The van der Waals surface area contributed by atoms with Crippen molar-refractivity contribution in [3.63, 3.8) is 0 Å². The molecule has 0 bridgehead atoms. The summed E-state index contributed by atoms with van der Waals surface area (Å²) in [6, 6.07) is 5.76. The number of thiophene rings is 1. The molecule has 0 unspecified atom stereocenters. The summed E-state index contributed by atoms with van der Waals surface area (Å²) in [4.78, 5) is 19.5. The van der Waals surface area contributed by atoms with E-state index in [4.69, 9.17) is 9.47 Å². The topological polar surface area (TPSA) is 65.4 Å². The van der Waals surface area contributed by atoms with Crippen molar-refractivity contribution < 1.29 is 9.47 Å². The van der Waals surface area contributed by atoms with Crippen LogP contribution in [0.15, 0.2) is 29.3 Å². The zero-order valence-electron chi connectivity index (χ0n) is 12.9. The van der Waals surface area contributed by atoms with Crippen LogP contribution in [-0.4, -0.2) is 22.9 Å². The number of hydrogen-bond donors (Lipinski definition) is 1. The van der Waals surface area contributed by atoms with Crippen LogP contribution < -0.4 is 20.3 Å². The zero-order valence-corrected chi connectivity index (χ0v) is 13.7. The third-order valence-electron chi connectivity index (χ3n) is 4.49. The Morgan fingerprint density at radius 2 is 2.21 bits per heavy atom. The minimum Gasteiger partial charge on any atom is -0.454 e. The lowest BCUT2D eigenvalue weighted by Gasteiger charge is -2.12. The Morgan fingerprint density at radius 1 is 1.29 bits per heavy atom. The standard InChI is InChI=1S/C17H15N3O3S/c21-17-15-11-3-4-18-6-14(11)24-16(15)19-8-20(17)7-10-1-2-12-13(5-10)23-9-22-12/h1-2,5,8,18H,3-4,6-7,9H2. The van der Waals surface area contributed by atoms with Gasteiger partial charge in [-0.1, -0.05) is 6.07 Å². The SMILES string of the molecule is O=c1c2c3c(sc2ncn1Cc1ccc2c(c1)OCO2)CNCC3. The molecule has 0 spiro atoms. The number of aromatic nitrogens is 2. The summed E-state index contributed by atoms with van der Waals surface area (Å²) in [5.74, 6) is 1.48. The first kappa shape index (κ1) is 14.0. The van der Waals surface area contributed by atoms with Gasteiger partial charge in [0.1, 0.15) is 4.83 Å². The fraction of sp³-hybridized carbons (Fsp3) is 0.294. The van der Waals surface area contributed by atoms with Gasteiger partial charge in [-0.2, -0.15) is 0 Å². The van der Waals surface area contributed by atoms with Crippen LogP contribution in [0.3, 0.4) is 0 Å². The van der Waals surface area contributed by atoms with E-state index in [1.807, 2.05) is 18.2 Å². The van der Waals surface area contributed by atoms with Crippen LogP contribution >= 0.6 is 11.3 Å². The molecule has 7 heteroatoms. The summed E-state index contributed by atoms with van der Waals surface area (Å²) in [6.07, 6.45) is 2.53. The molecule has 2 aliphatic rings. The van der Waals surface area contributed by atoms with Crippen molar-refractivity contribution in [3.05, 3.63) is 50.9 Å². The van der Waals surface area contributed by atoms with E-state index in [9.17, 15) is 4.79 Å². The quantitative estimate of drug-likeness (QED) is 0.771. The predicted octanol–water partition coefficient (Wildman–Crippen LogP) is 1.88. The smallest absolute Gasteiger partial charge is 0.262 e. The Balaban J connectivity index is 1.57. The highest BCUT2D eigenvalue weighted by Gasteiger charge is 2.20. The molecular formula is C17H15N3O3S. The maximum absolute atomic E-state index is 13.0. The third kappa shape index (κ3) is 2.12.